The zero-order valence-corrected chi connectivity index (χ0v) is 15.6. The number of para-hydroxylation sites is 1. The number of carbonyl (C=O) groups excluding carboxylic acids is 3. The number of carboxylic acids is 1. The molecule has 0 fully saturated rings. The Balaban J connectivity index is 1.64. The van der Waals surface area contributed by atoms with E-state index in [1.807, 2.05) is 0 Å². The number of rotatable bonds is 7. The molecule has 1 heterocycles. The lowest BCUT2D eigenvalue weighted by molar-refractivity contribution is -0.131. The van der Waals surface area contributed by atoms with Crippen molar-refractivity contribution in [1.82, 2.24) is 0 Å². The number of amides is 1. The maximum atomic E-state index is 12.4. The van der Waals surface area contributed by atoms with Crippen molar-refractivity contribution in [2.75, 3.05) is 25.1 Å². The first-order valence-corrected chi connectivity index (χ1v) is 8.85. The van der Waals surface area contributed by atoms with Gasteiger partial charge >= 0.3 is 11.9 Å². The molecule has 2 N–H and O–H groups in total. The van der Waals surface area contributed by atoms with Gasteiger partial charge in [0.05, 0.1) is 11.3 Å². The van der Waals surface area contributed by atoms with Gasteiger partial charge in [-0.25, -0.2) is 9.59 Å². The Morgan fingerprint density at radius 1 is 1.00 bits per heavy atom. The summed E-state index contributed by atoms with van der Waals surface area (Å²) in [6.45, 7) is 0.295. The van der Waals surface area contributed by atoms with Crippen LogP contribution in [0.2, 0.25) is 0 Å². The maximum absolute atomic E-state index is 12.4. The fraction of sp³-hybridized carbons (Fsp3) is 0.143. The van der Waals surface area contributed by atoms with Crippen LogP contribution in [0.4, 0.5) is 5.69 Å². The van der Waals surface area contributed by atoms with Gasteiger partial charge in [-0.15, -0.1) is 0 Å². The Labute approximate surface area is 170 Å². The van der Waals surface area contributed by atoms with Crippen LogP contribution in [0.5, 0.6) is 11.5 Å². The number of esters is 1. The predicted octanol–water partition coefficient (Wildman–Crippen LogP) is 2.08. The monoisotopic (exact) mass is 411 g/mol. The molecule has 2 aromatic rings. The number of aliphatic carboxylic acids is 1. The fourth-order valence-corrected chi connectivity index (χ4v) is 2.60. The van der Waals surface area contributed by atoms with Gasteiger partial charge in [-0.2, -0.15) is 0 Å². The van der Waals surface area contributed by atoms with Crippen LogP contribution in [0.25, 0.3) is 0 Å². The van der Waals surface area contributed by atoms with Gasteiger partial charge in [0.1, 0.15) is 13.2 Å². The molecule has 0 saturated heterocycles. The van der Waals surface area contributed by atoms with E-state index in [2.05, 4.69) is 5.32 Å². The molecule has 30 heavy (non-hydrogen) atoms. The normalized spacial score (nSPS) is 12.3. The first kappa shape index (κ1) is 20.6. The summed E-state index contributed by atoms with van der Waals surface area (Å²) in [4.78, 5) is 47.0. The molecule has 0 spiro atoms. The smallest absolute Gasteiger partial charge is 0.340 e. The topological polar surface area (TPSA) is 128 Å². The summed E-state index contributed by atoms with van der Waals surface area (Å²) in [6, 6.07) is 10.7. The van der Waals surface area contributed by atoms with Crippen LogP contribution in [-0.2, 0) is 14.3 Å². The van der Waals surface area contributed by atoms with Crippen LogP contribution in [0.15, 0.2) is 54.6 Å². The number of nitrogens with one attached hydrogen (secondary N) is 1. The molecule has 0 radical (unpaired) electrons. The molecule has 0 unspecified atom stereocenters. The van der Waals surface area contributed by atoms with E-state index in [9.17, 15) is 19.2 Å². The van der Waals surface area contributed by atoms with Crippen molar-refractivity contribution in [3.05, 3.63) is 65.7 Å². The van der Waals surface area contributed by atoms with E-state index in [0.29, 0.717) is 36.4 Å². The quantitative estimate of drug-likeness (QED) is 0.403. The summed E-state index contributed by atoms with van der Waals surface area (Å²) in [5.41, 5.74) is 0.436. The standard InChI is InChI=1S/C21H17NO8/c23-16(13-5-6-17-18(11-13)29-10-9-28-17)12-30-21(27)14-3-1-2-4-15(14)22-19(24)7-8-20(25)26/h1-8,11H,9-10,12H2,(H,22,24)(H,25,26)/b8-7+. The molecule has 9 heteroatoms. The minimum Gasteiger partial charge on any atom is -0.486 e. The lowest BCUT2D eigenvalue weighted by atomic mass is 10.1. The van der Waals surface area contributed by atoms with Gasteiger partial charge in [0.25, 0.3) is 0 Å². The maximum Gasteiger partial charge on any atom is 0.340 e. The average Bonchev–Trinajstić information content (AvgIpc) is 2.75. The van der Waals surface area contributed by atoms with Crippen molar-refractivity contribution in [1.29, 1.82) is 0 Å². The molecule has 0 aliphatic carbocycles. The molecule has 1 aliphatic rings. The minimum absolute atomic E-state index is 0.0181. The molecule has 0 aromatic heterocycles. The van der Waals surface area contributed by atoms with Crippen LogP contribution in [0.1, 0.15) is 20.7 Å². The van der Waals surface area contributed by atoms with Gasteiger partial charge in [0.15, 0.2) is 23.9 Å². The number of hydrogen-bond acceptors (Lipinski definition) is 7. The summed E-state index contributed by atoms with van der Waals surface area (Å²) in [5, 5.41) is 11.0. The Morgan fingerprint density at radius 2 is 1.73 bits per heavy atom. The fourth-order valence-electron chi connectivity index (χ4n) is 2.60. The van der Waals surface area contributed by atoms with Crippen molar-refractivity contribution in [3.63, 3.8) is 0 Å². The molecule has 154 valence electrons. The van der Waals surface area contributed by atoms with Gasteiger partial charge < -0.3 is 24.6 Å². The number of hydrogen-bond donors (Lipinski definition) is 2. The average molecular weight is 411 g/mol. The number of carbonyl (C=O) groups is 4. The first-order valence-electron chi connectivity index (χ1n) is 8.85. The SMILES string of the molecule is O=C(O)/C=C/C(=O)Nc1ccccc1C(=O)OCC(=O)c1ccc2c(c1)OCCO2. The third kappa shape index (κ3) is 5.22. The molecular weight excluding hydrogens is 394 g/mol. The van der Waals surface area contributed by atoms with Crippen molar-refractivity contribution in [2.24, 2.45) is 0 Å². The van der Waals surface area contributed by atoms with Crippen molar-refractivity contribution in [2.45, 2.75) is 0 Å². The van der Waals surface area contributed by atoms with Gasteiger partial charge in [-0.3, -0.25) is 9.59 Å². The lowest BCUT2D eigenvalue weighted by Gasteiger charge is -2.18. The Kier molecular flexibility index (Phi) is 6.43. The minimum atomic E-state index is -1.28. The summed E-state index contributed by atoms with van der Waals surface area (Å²) in [5.74, 6) is -2.29. The predicted molar refractivity (Wildman–Crippen MR) is 104 cm³/mol. The van der Waals surface area contributed by atoms with Crippen LogP contribution in [0, 0.1) is 0 Å². The summed E-state index contributed by atoms with van der Waals surface area (Å²) >= 11 is 0. The van der Waals surface area contributed by atoms with Gasteiger partial charge in [0, 0.05) is 17.7 Å². The van der Waals surface area contributed by atoms with Crippen LogP contribution in [0.3, 0.4) is 0 Å². The number of Topliss-reactive ketones (excluding diaryl/α,β-unsaturated/α-hetero) is 1. The van der Waals surface area contributed by atoms with E-state index >= 15 is 0 Å². The second kappa shape index (κ2) is 9.37. The van der Waals surface area contributed by atoms with E-state index in [1.165, 1.54) is 18.2 Å². The zero-order chi connectivity index (χ0) is 21.5. The highest BCUT2D eigenvalue weighted by molar-refractivity contribution is 6.07. The molecule has 1 aliphatic heterocycles. The number of anilines is 1. The van der Waals surface area contributed by atoms with E-state index in [0.717, 1.165) is 6.08 Å². The lowest BCUT2D eigenvalue weighted by Crippen LogP contribution is -2.18. The molecule has 0 atom stereocenters. The zero-order valence-electron chi connectivity index (χ0n) is 15.6. The van der Waals surface area contributed by atoms with Gasteiger partial charge in [-0.1, -0.05) is 12.1 Å². The van der Waals surface area contributed by atoms with Crippen molar-refractivity contribution >= 4 is 29.3 Å². The Bertz CT molecular complexity index is 1030. The van der Waals surface area contributed by atoms with Gasteiger partial charge in [0.2, 0.25) is 5.91 Å². The largest absolute Gasteiger partial charge is 0.486 e. The highest BCUT2D eigenvalue weighted by atomic mass is 16.6. The van der Waals surface area contributed by atoms with Crippen molar-refractivity contribution in [3.8, 4) is 11.5 Å². The number of carboxylic acid groups (broad SMARTS) is 1. The third-order valence-corrected chi connectivity index (χ3v) is 3.98. The first-order chi connectivity index (χ1) is 14.4. The third-order valence-electron chi connectivity index (χ3n) is 3.98. The van der Waals surface area contributed by atoms with E-state index in [4.69, 9.17) is 19.3 Å². The van der Waals surface area contributed by atoms with E-state index in [-0.39, 0.29) is 11.3 Å². The number of fused-ring (bicyclic) bond motifs is 1. The Hall–Kier alpha value is -4.14. The summed E-state index contributed by atoms with van der Waals surface area (Å²) < 4.78 is 15.9. The van der Waals surface area contributed by atoms with Crippen molar-refractivity contribution < 1.29 is 38.5 Å². The van der Waals surface area contributed by atoms with Gasteiger partial charge in [-0.05, 0) is 30.3 Å². The second-order valence-corrected chi connectivity index (χ2v) is 6.06. The summed E-state index contributed by atoms with van der Waals surface area (Å²) in [6.07, 6.45) is 1.48. The molecular formula is C21H17NO8. The summed E-state index contributed by atoms with van der Waals surface area (Å²) in [7, 11) is 0. The number of ether oxygens (including phenoxy) is 3. The molecule has 2 aromatic carbocycles. The molecule has 9 nitrogen and oxygen atoms in total. The van der Waals surface area contributed by atoms with E-state index in [1.54, 1.807) is 24.3 Å². The van der Waals surface area contributed by atoms with Crippen LogP contribution in [-0.4, -0.2) is 48.6 Å². The second-order valence-electron chi connectivity index (χ2n) is 6.06. The molecule has 0 saturated carbocycles. The van der Waals surface area contributed by atoms with E-state index < -0.39 is 30.2 Å². The number of benzene rings is 2. The molecule has 3 rings (SSSR count). The highest BCUT2D eigenvalue weighted by Crippen LogP contribution is 2.30. The Morgan fingerprint density at radius 3 is 2.50 bits per heavy atom. The molecule has 0 bridgehead atoms. The highest BCUT2D eigenvalue weighted by Gasteiger charge is 2.18. The molecule has 1 amide bonds. The van der Waals surface area contributed by atoms with Crippen LogP contribution < -0.4 is 14.8 Å². The number of ketones is 1. The van der Waals surface area contributed by atoms with Crippen LogP contribution >= 0.6 is 0 Å².